The molecule has 1 atom stereocenters. The summed E-state index contributed by atoms with van der Waals surface area (Å²) in [6.45, 7) is 6.12. The van der Waals surface area contributed by atoms with E-state index in [1.54, 1.807) is 0 Å². The molecule has 0 unspecified atom stereocenters. The predicted molar refractivity (Wildman–Crippen MR) is 71.6 cm³/mol. The molecule has 1 aromatic heterocycles. The van der Waals surface area contributed by atoms with Crippen LogP contribution in [0.2, 0.25) is 0 Å². The molecule has 16 heavy (non-hydrogen) atoms. The standard InChI is InChI=1S/C12H16N2.C2H6/c1-2-10(13)7-9-8-14-12-6-4-3-5-11(9)12;1-2/h3-6,8,10,14H,2,7,13H2,1H3;1-2H3/t10-;/m1./s1. The number of nitrogens with one attached hydrogen (secondary N) is 1. The lowest BCUT2D eigenvalue weighted by Crippen LogP contribution is -2.21. The fraction of sp³-hybridized carbons (Fsp3) is 0.429. The quantitative estimate of drug-likeness (QED) is 0.813. The maximum absolute atomic E-state index is 5.94. The van der Waals surface area contributed by atoms with Crippen molar-refractivity contribution in [1.82, 2.24) is 4.98 Å². The third-order valence-electron chi connectivity index (χ3n) is 2.68. The van der Waals surface area contributed by atoms with Crippen molar-refractivity contribution >= 4 is 10.9 Å². The molecule has 2 nitrogen and oxygen atoms in total. The van der Waals surface area contributed by atoms with Crippen LogP contribution in [0.15, 0.2) is 30.5 Å². The number of benzene rings is 1. The second-order valence-electron chi connectivity index (χ2n) is 3.73. The van der Waals surface area contributed by atoms with E-state index in [1.807, 2.05) is 19.9 Å². The molecule has 0 bridgehead atoms. The monoisotopic (exact) mass is 218 g/mol. The van der Waals surface area contributed by atoms with E-state index in [4.69, 9.17) is 5.73 Å². The van der Waals surface area contributed by atoms with Crippen molar-refractivity contribution in [2.75, 3.05) is 0 Å². The van der Waals surface area contributed by atoms with E-state index in [-0.39, 0.29) is 6.04 Å². The van der Waals surface area contributed by atoms with Crippen LogP contribution < -0.4 is 5.73 Å². The van der Waals surface area contributed by atoms with Crippen molar-refractivity contribution in [2.24, 2.45) is 5.73 Å². The van der Waals surface area contributed by atoms with Gasteiger partial charge in [0.25, 0.3) is 0 Å². The number of nitrogens with two attached hydrogens (primary N) is 1. The largest absolute Gasteiger partial charge is 0.361 e. The van der Waals surface area contributed by atoms with Gasteiger partial charge in [0.05, 0.1) is 0 Å². The normalized spacial score (nSPS) is 12.0. The minimum absolute atomic E-state index is 0.272. The number of aromatic amines is 1. The first-order valence-corrected chi connectivity index (χ1v) is 6.12. The molecule has 0 saturated heterocycles. The lowest BCUT2D eigenvalue weighted by atomic mass is 10.0. The Morgan fingerprint density at radius 3 is 2.62 bits per heavy atom. The van der Waals surface area contributed by atoms with Crippen molar-refractivity contribution in [3.8, 4) is 0 Å². The van der Waals surface area contributed by atoms with E-state index in [0.717, 1.165) is 12.8 Å². The van der Waals surface area contributed by atoms with Gasteiger partial charge in [-0.2, -0.15) is 0 Å². The lowest BCUT2D eigenvalue weighted by molar-refractivity contribution is 0.648. The van der Waals surface area contributed by atoms with E-state index in [2.05, 4.69) is 36.3 Å². The minimum atomic E-state index is 0.272. The smallest absolute Gasteiger partial charge is 0.0456 e. The fourth-order valence-corrected chi connectivity index (χ4v) is 1.73. The molecule has 1 aromatic carbocycles. The van der Waals surface area contributed by atoms with Crippen molar-refractivity contribution in [2.45, 2.75) is 39.7 Å². The molecule has 0 aliphatic rings. The molecule has 2 rings (SSSR count). The van der Waals surface area contributed by atoms with E-state index < -0.39 is 0 Å². The predicted octanol–water partition coefficient (Wildman–Crippen LogP) is 3.47. The van der Waals surface area contributed by atoms with Gasteiger partial charge in [-0.3, -0.25) is 0 Å². The maximum atomic E-state index is 5.94. The topological polar surface area (TPSA) is 41.8 Å². The number of fused-ring (bicyclic) bond motifs is 1. The average Bonchev–Trinajstić information content (AvgIpc) is 2.75. The highest BCUT2D eigenvalue weighted by molar-refractivity contribution is 5.83. The number of para-hydroxylation sites is 1. The summed E-state index contributed by atoms with van der Waals surface area (Å²) in [5.74, 6) is 0. The molecule has 0 fully saturated rings. The molecule has 0 saturated carbocycles. The van der Waals surface area contributed by atoms with E-state index in [0.29, 0.717) is 0 Å². The zero-order valence-electron chi connectivity index (χ0n) is 10.5. The molecule has 1 heterocycles. The summed E-state index contributed by atoms with van der Waals surface area (Å²) in [6.07, 6.45) is 4.06. The average molecular weight is 218 g/mol. The number of H-pyrrole nitrogens is 1. The minimum Gasteiger partial charge on any atom is -0.361 e. The van der Waals surface area contributed by atoms with Gasteiger partial charge < -0.3 is 10.7 Å². The van der Waals surface area contributed by atoms with Gasteiger partial charge in [-0.1, -0.05) is 39.0 Å². The van der Waals surface area contributed by atoms with E-state index in [1.165, 1.54) is 16.5 Å². The SMILES string of the molecule is CC.CC[C@@H](N)Cc1c[nH]c2ccccc12. The van der Waals surface area contributed by atoms with Gasteiger partial charge in [-0.05, 0) is 24.5 Å². The third kappa shape index (κ3) is 2.86. The van der Waals surface area contributed by atoms with Crippen LogP contribution in [-0.4, -0.2) is 11.0 Å². The Hall–Kier alpha value is -1.28. The molecule has 0 spiro atoms. The number of rotatable bonds is 3. The molecule has 3 N–H and O–H groups in total. The first-order chi connectivity index (χ1) is 7.81. The molecule has 0 radical (unpaired) electrons. The van der Waals surface area contributed by atoms with Crippen molar-refractivity contribution in [1.29, 1.82) is 0 Å². The summed E-state index contributed by atoms with van der Waals surface area (Å²) >= 11 is 0. The van der Waals surface area contributed by atoms with Gasteiger partial charge in [0.2, 0.25) is 0 Å². The van der Waals surface area contributed by atoms with E-state index >= 15 is 0 Å². The summed E-state index contributed by atoms with van der Waals surface area (Å²) in [6, 6.07) is 8.62. The summed E-state index contributed by atoms with van der Waals surface area (Å²) in [7, 11) is 0. The lowest BCUT2D eigenvalue weighted by Gasteiger charge is -2.06. The molecule has 0 aliphatic heterocycles. The summed E-state index contributed by atoms with van der Waals surface area (Å²) < 4.78 is 0. The third-order valence-corrected chi connectivity index (χ3v) is 2.68. The van der Waals surface area contributed by atoms with Crippen LogP contribution in [0.25, 0.3) is 10.9 Å². The Labute approximate surface area is 97.9 Å². The van der Waals surface area contributed by atoms with Crippen LogP contribution in [0.1, 0.15) is 32.8 Å². The van der Waals surface area contributed by atoms with Crippen LogP contribution >= 0.6 is 0 Å². The summed E-state index contributed by atoms with van der Waals surface area (Å²) in [4.78, 5) is 3.26. The zero-order valence-corrected chi connectivity index (χ0v) is 10.5. The first kappa shape index (κ1) is 12.8. The fourth-order valence-electron chi connectivity index (χ4n) is 1.73. The van der Waals surface area contributed by atoms with Crippen LogP contribution in [-0.2, 0) is 6.42 Å². The van der Waals surface area contributed by atoms with Gasteiger partial charge in [0.15, 0.2) is 0 Å². The van der Waals surface area contributed by atoms with Crippen molar-refractivity contribution in [3.05, 3.63) is 36.0 Å². The first-order valence-electron chi connectivity index (χ1n) is 6.12. The summed E-state index contributed by atoms with van der Waals surface area (Å²) in [5, 5.41) is 1.30. The Morgan fingerprint density at radius 1 is 1.25 bits per heavy atom. The molecular formula is C14H22N2. The van der Waals surface area contributed by atoms with Crippen LogP contribution in [0.3, 0.4) is 0 Å². The highest BCUT2D eigenvalue weighted by Gasteiger charge is 2.06. The number of aromatic nitrogens is 1. The van der Waals surface area contributed by atoms with Crippen LogP contribution in [0.4, 0.5) is 0 Å². The van der Waals surface area contributed by atoms with Gasteiger partial charge in [0.1, 0.15) is 0 Å². The number of hydrogen-bond acceptors (Lipinski definition) is 1. The zero-order chi connectivity index (χ0) is 12.0. The molecule has 0 amide bonds. The Bertz CT molecular complexity index is 417. The van der Waals surface area contributed by atoms with Crippen LogP contribution in [0.5, 0.6) is 0 Å². The molecular weight excluding hydrogens is 196 g/mol. The van der Waals surface area contributed by atoms with Crippen molar-refractivity contribution in [3.63, 3.8) is 0 Å². The van der Waals surface area contributed by atoms with Crippen molar-refractivity contribution < 1.29 is 0 Å². The summed E-state index contributed by atoms with van der Waals surface area (Å²) in [5.41, 5.74) is 8.47. The van der Waals surface area contributed by atoms with E-state index in [9.17, 15) is 0 Å². The van der Waals surface area contributed by atoms with Gasteiger partial charge in [0, 0.05) is 23.1 Å². The highest BCUT2D eigenvalue weighted by Crippen LogP contribution is 2.18. The van der Waals surface area contributed by atoms with Gasteiger partial charge in [-0.15, -0.1) is 0 Å². The maximum Gasteiger partial charge on any atom is 0.0456 e. The second kappa shape index (κ2) is 6.33. The molecule has 2 aromatic rings. The highest BCUT2D eigenvalue weighted by atomic mass is 14.7. The molecule has 88 valence electrons. The Balaban J connectivity index is 0.000000606. The van der Waals surface area contributed by atoms with Crippen LogP contribution in [0, 0.1) is 0 Å². The number of hydrogen-bond donors (Lipinski definition) is 2. The molecule has 2 heteroatoms. The van der Waals surface area contributed by atoms with Gasteiger partial charge in [-0.25, -0.2) is 0 Å². The Morgan fingerprint density at radius 2 is 1.94 bits per heavy atom. The molecule has 0 aliphatic carbocycles. The van der Waals surface area contributed by atoms with Gasteiger partial charge >= 0.3 is 0 Å². The Kier molecular flexibility index (Phi) is 5.06. The second-order valence-corrected chi connectivity index (χ2v) is 3.73.